The Kier molecular flexibility index (Phi) is 6.54. The van der Waals surface area contributed by atoms with E-state index < -0.39 is 0 Å². The van der Waals surface area contributed by atoms with Gasteiger partial charge < -0.3 is 9.73 Å². The molecule has 1 saturated heterocycles. The van der Waals surface area contributed by atoms with E-state index in [0.717, 1.165) is 36.2 Å². The highest BCUT2D eigenvalue weighted by Crippen LogP contribution is 2.25. The Hall–Kier alpha value is -1.25. The number of piperidine rings is 1. The molecule has 0 radical (unpaired) electrons. The maximum absolute atomic E-state index is 5.79. The van der Waals surface area contributed by atoms with Crippen molar-refractivity contribution in [2.45, 2.75) is 55.8 Å². The van der Waals surface area contributed by atoms with Crippen molar-refractivity contribution in [3.8, 4) is 0 Å². The number of halogens is 1. The van der Waals surface area contributed by atoms with Crippen LogP contribution in [-0.4, -0.2) is 39.2 Å². The molecule has 0 aromatic carbocycles. The van der Waals surface area contributed by atoms with Gasteiger partial charge in [0.1, 0.15) is 10.8 Å². The van der Waals surface area contributed by atoms with Gasteiger partial charge >= 0.3 is 0 Å². The molecule has 3 rings (SSSR count). The Bertz CT molecular complexity index is 632. The van der Waals surface area contributed by atoms with Crippen LogP contribution in [0.1, 0.15) is 45.3 Å². The fraction of sp³-hybridized carbons (Fsp3) is 0.667. The van der Waals surface area contributed by atoms with E-state index in [1.807, 2.05) is 6.20 Å². The second kappa shape index (κ2) is 8.22. The van der Waals surface area contributed by atoms with Crippen molar-refractivity contribution >= 4 is 24.2 Å². The Labute approximate surface area is 152 Å². The fourth-order valence-electron chi connectivity index (χ4n) is 2.36. The molecule has 2 aromatic rings. The zero-order valence-corrected chi connectivity index (χ0v) is 15.9. The zero-order valence-electron chi connectivity index (χ0n) is 14.3. The lowest BCUT2D eigenvalue weighted by Gasteiger charge is -2.23. The maximum Gasteiger partial charge on any atom is 0.204 e. The minimum absolute atomic E-state index is 0. The molecule has 7 nitrogen and oxygen atoms in total. The number of oxazole rings is 1. The summed E-state index contributed by atoms with van der Waals surface area (Å²) in [6.45, 7) is 8.39. The van der Waals surface area contributed by atoms with Crippen LogP contribution in [0.2, 0.25) is 0 Å². The monoisotopic (exact) mass is 372 g/mol. The molecule has 0 bridgehead atoms. The number of nitrogens with zero attached hydrogens (tertiary/aromatic N) is 4. The van der Waals surface area contributed by atoms with E-state index in [9.17, 15) is 0 Å². The molecular formula is C15H25ClN6OS. The third-order valence-electron chi connectivity index (χ3n) is 3.70. The van der Waals surface area contributed by atoms with Crippen LogP contribution in [0, 0.1) is 0 Å². The number of hydrogen-bond donors (Lipinski definition) is 2. The smallest absolute Gasteiger partial charge is 0.204 e. The molecule has 134 valence electrons. The maximum atomic E-state index is 5.79. The zero-order chi connectivity index (χ0) is 16.3. The lowest BCUT2D eigenvalue weighted by Crippen LogP contribution is -2.42. The summed E-state index contributed by atoms with van der Waals surface area (Å²) in [6, 6.07) is 0.384. The summed E-state index contributed by atoms with van der Waals surface area (Å²) >= 11 is 1.57. The largest absolute Gasteiger partial charge is 0.444 e. The van der Waals surface area contributed by atoms with Gasteiger partial charge in [0.2, 0.25) is 5.89 Å². The highest BCUT2D eigenvalue weighted by atomic mass is 35.5. The minimum Gasteiger partial charge on any atom is -0.444 e. The second-order valence-electron chi connectivity index (χ2n) is 6.80. The topological polar surface area (TPSA) is 80.8 Å². The summed E-state index contributed by atoms with van der Waals surface area (Å²) < 4.78 is 5.79. The molecule has 0 amide bonds. The van der Waals surface area contributed by atoms with Gasteiger partial charge in [-0.3, -0.25) is 5.43 Å². The number of thioether (sulfide) groups is 1. The molecule has 9 heteroatoms. The summed E-state index contributed by atoms with van der Waals surface area (Å²) in [6.07, 6.45) is 5.90. The summed E-state index contributed by atoms with van der Waals surface area (Å²) in [4.78, 5) is 5.90. The highest BCUT2D eigenvalue weighted by molar-refractivity contribution is 7.98. The summed E-state index contributed by atoms with van der Waals surface area (Å²) in [5.74, 6) is 2.28. The first kappa shape index (κ1) is 19.1. The van der Waals surface area contributed by atoms with Gasteiger partial charge in [-0.1, -0.05) is 37.4 Å². The van der Waals surface area contributed by atoms with Gasteiger partial charge in [-0.15, -0.1) is 22.6 Å². The molecule has 0 aliphatic carbocycles. The van der Waals surface area contributed by atoms with E-state index in [-0.39, 0.29) is 17.8 Å². The first-order chi connectivity index (χ1) is 11.0. The fourth-order valence-corrected chi connectivity index (χ4v) is 3.02. The van der Waals surface area contributed by atoms with Crippen molar-refractivity contribution < 1.29 is 4.42 Å². The number of rotatable bonds is 5. The molecule has 1 aliphatic heterocycles. The van der Waals surface area contributed by atoms with Gasteiger partial charge in [0, 0.05) is 12.0 Å². The summed E-state index contributed by atoms with van der Waals surface area (Å²) in [7, 11) is 0. The van der Waals surface area contributed by atoms with Crippen LogP contribution < -0.4 is 10.7 Å². The van der Waals surface area contributed by atoms with Crippen LogP contribution in [0.5, 0.6) is 0 Å². The molecule has 1 atom stereocenters. The minimum atomic E-state index is -0.0169. The third kappa shape index (κ3) is 5.12. The van der Waals surface area contributed by atoms with Gasteiger partial charge in [0.05, 0.1) is 24.2 Å². The average molecular weight is 373 g/mol. The van der Waals surface area contributed by atoms with Crippen molar-refractivity contribution in [3.05, 3.63) is 24.0 Å². The Morgan fingerprint density at radius 3 is 2.92 bits per heavy atom. The molecule has 2 N–H and O–H groups in total. The number of hydrogen-bond acceptors (Lipinski definition) is 7. The number of nitrogens with one attached hydrogen (secondary N) is 2. The molecule has 1 unspecified atom stereocenters. The SMILES string of the molecule is CC(C)(C)c1cnc(CSc2cnn(NC3CCCNC3)n2)o1.Cl. The number of aromatic nitrogens is 4. The van der Waals surface area contributed by atoms with Crippen molar-refractivity contribution in [1.82, 2.24) is 25.4 Å². The molecule has 2 aromatic heterocycles. The van der Waals surface area contributed by atoms with Crippen LogP contribution in [-0.2, 0) is 11.2 Å². The molecule has 24 heavy (non-hydrogen) atoms. The molecule has 1 aliphatic rings. The summed E-state index contributed by atoms with van der Waals surface area (Å²) in [5.41, 5.74) is 3.29. The Morgan fingerprint density at radius 1 is 1.42 bits per heavy atom. The van der Waals surface area contributed by atoms with E-state index in [1.165, 1.54) is 6.42 Å². The standard InChI is InChI=1S/C15H24N6OS.ClH/c1-15(2,3)12-8-17-13(22-12)10-23-14-9-18-21(20-14)19-11-5-4-6-16-7-11;/h8-9,11,16,19H,4-7,10H2,1-3H3;1H. The average Bonchev–Trinajstić information content (AvgIpc) is 3.15. The lowest BCUT2D eigenvalue weighted by atomic mass is 9.94. The molecule has 1 fully saturated rings. The Morgan fingerprint density at radius 2 is 2.25 bits per heavy atom. The summed E-state index contributed by atoms with van der Waals surface area (Å²) in [5, 5.41) is 12.9. The highest BCUT2D eigenvalue weighted by Gasteiger charge is 2.19. The molecular weight excluding hydrogens is 348 g/mol. The molecule has 3 heterocycles. The Balaban J connectivity index is 0.00000208. The molecule has 0 spiro atoms. The van der Waals surface area contributed by atoms with Gasteiger partial charge in [-0.2, -0.15) is 0 Å². The van der Waals surface area contributed by atoms with Crippen molar-refractivity contribution in [2.24, 2.45) is 0 Å². The quantitative estimate of drug-likeness (QED) is 0.780. The van der Waals surface area contributed by atoms with Crippen LogP contribution in [0.15, 0.2) is 21.8 Å². The van der Waals surface area contributed by atoms with Crippen LogP contribution in [0.3, 0.4) is 0 Å². The van der Waals surface area contributed by atoms with E-state index in [1.54, 1.807) is 22.9 Å². The van der Waals surface area contributed by atoms with Crippen molar-refractivity contribution in [2.75, 3.05) is 18.5 Å². The third-order valence-corrected chi connectivity index (χ3v) is 4.58. The van der Waals surface area contributed by atoms with Crippen molar-refractivity contribution in [1.29, 1.82) is 0 Å². The predicted molar refractivity (Wildman–Crippen MR) is 97.3 cm³/mol. The van der Waals surface area contributed by atoms with Crippen LogP contribution >= 0.6 is 24.2 Å². The van der Waals surface area contributed by atoms with Crippen LogP contribution in [0.4, 0.5) is 0 Å². The normalized spacial score (nSPS) is 18.2. The van der Waals surface area contributed by atoms with E-state index in [0.29, 0.717) is 11.8 Å². The van der Waals surface area contributed by atoms with E-state index in [4.69, 9.17) is 4.42 Å². The second-order valence-corrected chi connectivity index (χ2v) is 7.80. The van der Waals surface area contributed by atoms with E-state index >= 15 is 0 Å². The van der Waals surface area contributed by atoms with E-state index in [2.05, 4.69) is 46.7 Å². The predicted octanol–water partition coefficient (Wildman–Crippen LogP) is 2.57. The van der Waals surface area contributed by atoms with Gasteiger partial charge in [0.15, 0.2) is 0 Å². The van der Waals surface area contributed by atoms with Gasteiger partial charge in [-0.05, 0) is 19.4 Å². The van der Waals surface area contributed by atoms with Gasteiger partial charge in [0.25, 0.3) is 0 Å². The lowest BCUT2D eigenvalue weighted by molar-refractivity contribution is 0.390. The van der Waals surface area contributed by atoms with Crippen LogP contribution in [0.25, 0.3) is 0 Å². The van der Waals surface area contributed by atoms with Gasteiger partial charge in [-0.25, -0.2) is 4.98 Å². The van der Waals surface area contributed by atoms with Crippen molar-refractivity contribution in [3.63, 3.8) is 0 Å². The molecule has 0 saturated carbocycles. The first-order valence-electron chi connectivity index (χ1n) is 7.98. The first-order valence-corrected chi connectivity index (χ1v) is 8.97.